The van der Waals surface area contributed by atoms with Crippen molar-refractivity contribution in [3.63, 3.8) is 0 Å². The molecule has 0 bridgehead atoms. The zero-order valence-electron chi connectivity index (χ0n) is 27.3. The molecule has 1 unspecified atom stereocenters. The lowest BCUT2D eigenvalue weighted by Gasteiger charge is -2.38. The molecular formula is C33H54F2N6O. The minimum absolute atomic E-state index is 0.145. The summed E-state index contributed by atoms with van der Waals surface area (Å²) < 4.78 is 30.4. The van der Waals surface area contributed by atoms with Crippen molar-refractivity contribution in [2.75, 3.05) is 20.1 Å². The molecule has 0 aliphatic carbocycles. The number of likely N-dealkylation sites (N-methyl/N-ethyl adjacent to an activating group) is 1. The number of alkyl halides is 2. The van der Waals surface area contributed by atoms with Gasteiger partial charge in [0.05, 0.1) is 30.2 Å². The Kier molecular flexibility index (Phi) is 15.1. The second-order valence-electron chi connectivity index (χ2n) is 11.0. The van der Waals surface area contributed by atoms with Crippen LogP contribution in [0, 0.1) is 11.8 Å². The lowest BCUT2D eigenvalue weighted by Crippen LogP contribution is -2.46. The zero-order chi connectivity index (χ0) is 32.2. The number of hydrazine groups is 1. The molecule has 0 spiro atoms. The highest BCUT2D eigenvalue weighted by Crippen LogP contribution is 2.34. The van der Waals surface area contributed by atoms with E-state index in [1.807, 2.05) is 59.9 Å². The molecule has 0 radical (unpaired) electrons. The standard InChI is InChI=1S/C29H42F2N6O.2C2H6/c1-7-24-22(15-36-16-23(20(4)5)13-29(30,31)18-36)9-10-25(34-24)28(32)26(35(6)33)17-37-14-21(12-19(2)3)8-11-27(37)38;2*1-2/h8-11,14,19,23H,4,7,12-13,15-18,32-33H2,1-3,5-6H3;2*1-2H3/b28-26-;;. The van der Waals surface area contributed by atoms with E-state index < -0.39 is 5.92 Å². The summed E-state index contributed by atoms with van der Waals surface area (Å²) >= 11 is 0. The lowest BCUT2D eigenvalue weighted by atomic mass is 9.89. The maximum atomic E-state index is 14.4. The highest BCUT2D eigenvalue weighted by Gasteiger charge is 2.40. The highest BCUT2D eigenvalue weighted by molar-refractivity contribution is 5.63. The summed E-state index contributed by atoms with van der Waals surface area (Å²) in [5, 5.41) is 1.41. The quantitative estimate of drug-likeness (QED) is 0.194. The van der Waals surface area contributed by atoms with Crippen LogP contribution in [0.5, 0.6) is 0 Å². The number of hydrogen-bond acceptors (Lipinski definition) is 6. The van der Waals surface area contributed by atoms with Gasteiger partial charge in [-0.05, 0) is 48.8 Å². The smallest absolute Gasteiger partial charge is 0.261 e. The fraction of sp³-hybridized carbons (Fsp3) is 0.576. The van der Waals surface area contributed by atoms with Gasteiger partial charge in [-0.3, -0.25) is 14.7 Å². The van der Waals surface area contributed by atoms with Crippen molar-refractivity contribution in [3.8, 4) is 0 Å². The van der Waals surface area contributed by atoms with Crippen molar-refractivity contribution >= 4 is 5.70 Å². The van der Waals surface area contributed by atoms with Crippen molar-refractivity contribution in [2.45, 2.75) is 93.7 Å². The monoisotopic (exact) mass is 588 g/mol. The van der Waals surface area contributed by atoms with Gasteiger partial charge in [-0.2, -0.15) is 0 Å². The molecule has 2 aromatic heterocycles. The molecule has 1 saturated heterocycles. The first kappa shape index (κ1) is 37.0. The van der Waals surface area contributed by atoms with Crippen molar-refractivity contribution in [1.82, 2.24) is 19.5 Å². The van der Waals surface area contributed by atoms with E-state index in [4.69, 9.17) is 16.6 Å². The summed E-state index contributed by atoms with van der Waals surface area (Å²) in [5.74, 6) is 3.61. The van der Waals surface area contributed by atoms with E-state index in [9.17, 15) is 13.6 Å². The van der Waals surface area contributed by atoms with E-state index in [1.165, 1.54) is 5.01 Å². The number of rotatable bonds is 10. The molecule has 3 heterocycles. The maximum absolute atomic E-state index is 14.4. The summed E-state index contributed by atoms with van der Waals surface area (Å²) in [5.41, 5.74) is 11.4. The number of nitrogens with zero attached hydrogens (tertiary/aromatic N) is 4. The zero-order valence-corrected chi connectivity index (χ0v) is 27.3. The predicted molar refractivity (Wildman–Crippen MR) is 172 cm³/mol. The van der Waals surface area contributed by atoms with Gasteiger partial charge in [-0.15, -0.1) is 0 Å². The van der Waals surface area contributed by atoms with Crippen molar-refractivity contribution < 1.29 is 8.78 Å². The summed E-state index contributed by atoms with van der Waals surface area (Å²) in [6.07, 6.45) is 3.16. The van der Waals surface area contributed by atoms with Gasteiger partial charge in [0.15, 0.2) is 0 Å². The molecule has 4 N–H and O–H groups in total. The van der Waals surface area contributed by atoms with Crippen LogP contribution < -0.4 is 17.1 Å². The lowest BCUT2D eigenvalue weighted by molar-refractivity contribution is -0.0808. The first-order valence-corrected chi connectivity index (χ1v) is 15.2. The van der Waals surface area contributed by atoms with Crippen LogP contribution in [0.3, 0.4) is 0 Å². The fourth-order valence-electron chi connectivity index (χ4n) is 5.01. The predicted octanol–water partition coefficient (Wildman–Crippen LogP) is 6.22. The van der Waals surface area contributed by atoms with Gasteiger partial charge in [0.2, 0.25) is 0 Å². The SMILES string of the molecule is C=C(C)C1CN(Cc2ccc(/C(N)=C(\Cn3cc(CC(C)C)ccc3=O)N(C)N)nc2CC)CC(F)(F)C1.CC.CC. The van der Waals surface area contributed by atoms with Gasteiger partial charge in [-0.1, -0.05) is 72.8 Å². The molecule has 1 atom stereocenters. The number of pyridine rings is 2. The van der Waals surface area contributed by atoms with Gasteiger partial charge in [0.1, 0.15) is 0 Å². The van der Waals surface area contributed by atoms with Crippen LogP contribution in [0.4, 0.5) is 8.78 Å². The summed E-state index contributed by atoms with van der Waals surface area (Å²) in [6, 6.07) is 7.11. The Morgan fingerprint density at radius 2 is 1.83 bits per heavy atom. The van der Waals surface area contributed by atoms with Crippen LogP contribution in [0.2, 0.25) is 0 Å². The third-order valence-electron chi connectivity index (χ3n) is 6.99. The van der Waals surface area contributed by atoms with Gasteiger partial charge in [0, 0.05) is 44.5 Å². The Hall–Kier alpha value is -3.04. The van der Waals surface area contributed by atoms with E-state index in [0.29, 0.717) is 42.5 Å². The highest BCUT2D eigenvalue weighted by atomic mass is 19.3. The van der Waals surface area contributed by atoms with Gasteiger partial charge in [-0.25, -0.2) is 14.6 Å². The maximum Gasteiger partial charge on any atom is 0.261 e. The van der Waals surface area contributed by atoms with E-state index in [2.05, 4.69) is 20.4 Å². The number of halogens is 2. The normalized spacial score (nSPS) is 16.9. The summed E-state index contributed by atoms with van der Waals surface area (Å²) in [4.78, 5) is 19.2. The Morgan fingerprint density at radius 1 is 1.19 bits per heavy atom. The van der Waals surface area contributed by atoms with Crippen molar-refractivity contribution in [1.29, 1.82) is 0 Å². The Bertz CT molecular complexity index is 1240. The molecule has 3 rings (SSSR count). The Labute approximate surface area is 252 Å². The first-order valence-electron chi connectivity index (χ1n) is 15.2. The molecular weight excluding hydrogens is 534 g/mol. The summed E-state index contributed by atoms with van der Waals surface area (Å²) in [7, 11) is 1.68. The number of aryl methyl sites for hydroxylation is 1. The molecule has 0 aromatic carbocycles. The van der Waals surface area contributed by atoms with Crippen LogP contribution in [0.1, 0.15) is 84.3 Å². The average molecular weight is 589 g/mol. The topological polar surface area (TPSA) is 93.4 Å². The molecule has 1 aliphatic heterocycles. The van der Waals surface area contributed by atoms with Crippen LogP contribution in [-0.4, -0.2) is 45.5 Å². The molecule has 1 fully saturated rings. The van der Waals surface area contributed by atoms with Crippen LogP contribution in [0.25, 0.3) is 5.70 Å². The molecule has 9 heteroatoms. The van der Waals surface area contributed by atoms with Crippen LogP contribution >= 0.6 is 0 Å². The minimum Gasteiger partial charge on any atom is -0.395 e. The molecule has 2 aromatic rings. The minimum atomic E-state index is -2.75. The number of aromatic nitrogens is 2. The number of likely N-dealkylation sites (tertiary alicyclic amines) is 1. The van der Waals surface area contributed by atoms with E-state index in [0.717, 1.165) is 28.8 Å². The fourth-order valence-corrected chi connectivity index (χ4v) is 5.01. The third kappa shape index (κ3) is 10.7. The average Bonchev–Trinajstić information content (AvgIpc) is 2.94. The molecule has 0 saturated carbocycles. The molecule has 1 aliphatic rings. The molecule has 42 heavy (non-hydrogen) atoms. The van der Waals surface area contributed by atoms with Crippen molar-refractivity contribution in [3.05, 3.63) is 81.2 Å². The number of hydrogen-bond donors (Lipinski definition) is 2. The number of nitrogens with two attached hydrogens (primary N) is 2. The van der Waals surface area contributed by atoms with E-state index >= 15 is 0 Å². The number of piperidine rings is 1. The van der Waals surface area contributed by atoms with Crippen molar-refractivity contribution in [2.24, 2.45) is 23.4 Å². The largest absolute Gasteiger partial charge is 0.395 e. The van der Waals surface area contributed by atoms with E-state index in [1.54, 1.807) is 28.6 Å². The molecule has 7 nitrogen and oxygen atoms in total. The summed E-state index contributed by atoms with van der Waals surface area (Å²) in [6.45, 7) is 20.8. The first-order chi connectivity index (χ1) is 19.8. The Morgan fingerprint density at radius 3 is 2.38 bits per heavy atom. The van der Waals surface area contributed by atoms with Gasteiger partial charge < -0.3 is 15.3 Å². The van der Waals surface area contributed by atoms with Crippen LogP contribution in [-0.2, 0) is 25.9 Å². The second kappa shape index (κ2) is 17.2. The van der Waals surface area contributed by atoms with Crippen LogP contribution in [0.15, 0.2) is 53.1 Å². The van der Waals surface area contributed by atoms with Gasteiger partial charge in [0.25, 0.3) is 11.5 Å². The molecule has 0 amide bonds. The second-order valence-corrected chi connectivity index (χ2v) is 11.0. The number of allylic oxidation sites excluding steroid dienone is 1. The molecule has 236 valence electrons. The van der Waals surface area contributed by atoms with Gasteiger partial charge >= 0.3 is 0 Å². The third-order valence-corrected chi connectivity index (χ3v) is 6.99. The van der Waals surface area contributed by atoms with E-state index in [-0.39, 0.29) is 31.0 Å². The Balaban J connectivity index is 0.00000211.